The van der Waals surface area contributed by atoms with E-state index in [4.69, 9.17) is 4.74 Å². The first-order chi connectivity index (χ1) is 12.0. The van der Waals surface area contributed by atoms with Gasteiger partial charge in [-0.15, -0.1) is 6.58 Å². The van der Waals surface area contributed by atoms with Gasteiger partial charge in [0.25, 0.3) is 5.91 Å². The van der Waals surface area contributed by atoms with E-state index in [1.54, 1.807) is 6.08 Å². The quantitative estimate of drug-likeness (QED) is 0.508. The molecule has 0 aliphatic heterocycles. The van der Waals surface area contributed by atoms with Crippen molar-refractivity contribution in [3.05, 3.63) is 42.0 Å². The molecule has 0 saturated carbocycles. The first-order valence-electron chi connectivity index (χ1n) is 7.75. The normalized spacial score (nSPS) is 11.1. The molecular weight excluding hydrogens is 324 g/mol. The van der Waals surface area contributed by atoms with Crippen LogP contribution in [0.5, 0.6) is 5.75 Å². The second kappa shape index (κ2) is 10.0. The maximum atomic E-state index is 12.7. The fraction of sp³-hybridized carbons (Fsp3) is 0.333. The summed E-state index contributed by atoms with van der Waals surface area (Å²) in [7, 11) is 3.01. The van der Waals surface area contributed by atoms with E-state index in [9.17, 15) is 19.2 Å². The topological polar surface area (TPSA) is 92.8 Å². The van der Waals surface area contributed by atoms with Gasteiger partial charge in [-0.2, -0.15) is 0 Å². The molecule has 7 nitrogen and oxygen atoms in total. The zero-order valence-electron chi connectivity index (χ0n) is 14.4. The van der Waals surface area contributed by atoms with Crippen molar-refractivity contribution in [3.63, 3.8) is 0 Å². The first-order valence-corrected chi connectivity index (χ1v) is 7.75. The lowest BCUT2D eigenvalue weighted by Crippen LogP contribution is -2.47. The Hall–Kier alpha value is -2.96. The minimum absolute atomic E-state index is 0.125. The number of benzene rings is 1. The van der Waals surface area contributed by atoms with E-state index in [0.29, 0.717) is 31.2 Å². The standard InChI is InChI=1S/C18H22N2O5/c1-4-5-6-16(17(23)19-2)20(3)18(24)15-8-7-14(25-10-9-21)11-13(15)12-22/h4,7-9,11-12,16H,1,5-6,10H2,2-3H3,(H,19,23). The Morgan fingerprint density at radius 1 is 1.36 bits per heavy atom. The van der Waals surface area contributed by atoms with E-state index in [1.807, 2.05) is 0 Å². The Morgan fingerprint density at radius 2 is 2.08 bits per heavy atom. The van der Waals surface area contributed by atoms with E-state index in [-0.39, 0.29) is 23.6 Å². The van der Waals surface area contributed by atoms with Gasteiger partial charge in [-0.05, 0) is 31.0 Å². The number of likely N-dealkylation sites (N-methyl/N-ethyl adjacent to an activating group) is 2. The second-order valence-electron chi connectivity index (χ2n) is 5.26. The van der Waals surface area contributed by atoms with Gasteiger partial charge in [0, 0.05) is 19.7 Å². The number of amides is 2. The summed E-state index contributed by atoms with van der Waals surface area (Å²) >= 11 is 0. The molecule has 1 aromatic carbocycles. The zero-order valence-corrected chi connectivity index (χ0v) is 14.4. The average molecular weight is 346 g/mol. The van der Waals surface area contributed by atoms with Gasteiger partial charge in [-0.1, -0.05) is 6.08 Å². The lowest BCUT2D eigenvalue weighted by Gasteiger charge is -2.27. The second-order valence-corrected chi connectivity index (χ2v) is 5.26. The minimum Gasteiger partial charge on any atom is -0.486 e. The van der Waals surface area contributed by atoms with Gasteiger partial charge in [0.05, 0.1) is 5.56 Å². The van der Waals surface area contributed by atoms with Crippen LogP contribution >= 0.6 is 0 Å². The van der Waals surface area contributed by atoms with Crippen molar-refractivity contribution in [2.24, 2.45) is 0 Å². The molecule has 1 rings (SSSR count). The Balaban J connectivity index is 3.09. The summed E-state index contributed by atoms with van der Waals surface area (Å²) in [6.07, 6.45) is 3.77. The maximum absolute atomic E-state index is 12.7. The SMILES string of the molecule is C=CCCC(C(=O)NC)N(C)C(=O)c1ccc(OCC=O)cc1C=O. The van der Waals surface area contributed by atoms with Crippen molar-refractivity contribution in [1.29, 1.82) is 0 Å². The molecule has 0 aliphatic carbocycles. The number of aldehydes is 2. The van der Waals surface area contributed by atoms with Crippen LogP contribution in [0.1, 0.15) is 33.6 Å². The fourth-order valence-corrected chi connectivity index (χ4v) is 2.33. The van der Waals surface area contributed by atoms with Crippen molar-refractivity contribution >= 4 is 24.4 Å². The number of nitrogens with zero attached hydrogens (tertiary/aromatic N) is 1. The molecule has 0 heterocycles. The van der Waals surface area contributed by atoms with Gasteiger partial charge in [-0.25, -0.2) is 0 Å². The van der Waals surface area contributed by atoms with Crippen LogP contribution in [0.25, 0.3) is 0 Å². The number of rotatable bonds is 10. The molecule has 25 heavy (non-hydrogen) atoms. The van der Waals surface area contributed by atoms with Crippen molar-refractivity contribution in [2.45, 2.75) is 18.9 Å². The van der Waals surface area contributed by atoms with Crippen LogP contribution in [0.4, 0.5) is 0 Å². The van der Waals surface area contributed by atoms with Crippen molar-refractivity contribution in [3.8, 4) is 5.75 Å². The molecule has 2 amide bonds. The molecule has 0 fully saturated rings. The maximum Gasteiger partial charge on any atom is 0.255 e. The minimum atomic E-state index is -0.680. The largest absolute Gasteiger partial charge is 0.486 e. The predicted molar refractivity (Wildman–Crippen MR) is 92.8 cm³/mol. The van der Waals surface area contributed by atoms with Gasteiger partial charge in [-0.3, -0.25) is 19.2 Å². The Bertz CT molecular complexity index is 657. The third-order valence-electron chi connectivity index (χ3n) is 3.68. The van der Waals surface area contributed by atoms with Gasteiger partial charge < -0.3 is 15.0 Å². The zero-order chi connectivity index (χ0) is 18.8. The smallest absolute Gasteiger partial charge is 0.255 e. The number of hydrogen-bond acceptors (Lipinski definition) is 5. The summed E-state index contributed by atoms with van der Waals surface area (Å²) in [5, 5.41) is 2.53. The van der Waals surface area contributed by atoms with Gasteiger partial charge >= 0.3 is 0 Å². The number of carbonyl (C=O) groups excluding carboxylic acids is 4. The number of hydrogen-bond donors (Lipinski definition) is 1. The summed E-state index contributed by atoms with van der Waals surface area (Å²) in [5.41, 5.74) is 0.281. The lowest BCUT2D eigenvalue weighted by atomic mass is 10.0. The molecule has 1 atom stereocenters. The summed E-state index contributed by atoms with van der Waals surface area (Å²) in [6.45, 7) is 3.47. The molecule has 134 valence electrons. The van der Waals surface area contributed by atoms with E-state index >= 15 is 0 Å². The number of allylic oxidation sites excluding steroid dienone is 1. The van der Waals surface area contributed by atoms with Crippen molar-refractivity contribution in [1.82, 2.24) is 10.2 Å². The summed E-state index contributed by atoms with van der Waals surface area (Å²) in [5.74, 6) is -0.444. The van der Waals surface area contributed by atoms with E-state index in [2.05, 4.69) is 11.9 Å². The van der Waals surface area contributed by atoms with Crippen LogP contribution in [0, 0.1) is 0 Å². The number of nitrogens with one attached hydrogen (secondary N) is 1. The van der Waals surface area contributed by atoms with Crippen LogP contribution in [-0.4, -0.2) is 56.0 Å². The summed E-state index contributed by atoms with van der Waals surface area (Å²) < 4.78 is 5.12. The number of carbonyl (C=O) groups is 4. The van der Waals surface area contributed by atoms with Crippen molar-refractivity contribution < 1.29 is 23.9 Å². The molecular formula is C18H22N2O5. The third-order valence-corrected chi connectivity index (χ3v) is 3.68. The highest BCUT2D eigenvalue weighted by Gasteiger charge is 2.27. The Kier molecular flexibility index (Phi) is 8.05. The monoisotopic (exact) mass is 346 g/mol. The van der Waals surface area contributed by atoms with Crippen LogP contribution in [0.3, 0.4) is 0 Å². The number of ether oxygens (including phenoxy) is 1. The Morgan fingerprint density at radius 3 is 2.64 bits per heavy atom. The molecule has 0 bridgehead atoms. The lowest BCUT2D eigenvalue weighted by molar-refractivity contribution is -0.125. The molecule has 0 radical (unpaired) electrons. The Labute approximate surface area is 146 Å². The van der Waals surface area contributed by atoms with Gasteiger partial charge in [0.15, 0.2) is 12.6 Å². The van der Waals surface area contributed by atoms with Gasteiger partial charge in [0.1, 0.15) is 18.4 Å². The van der Waals surface area contributed by atoms with Crippen LogP contribution in [-0.2, 0) is 9.59 Å². The van der Waals surface area contributed by atoms with Crippen molar-refractivity contribution in [2.75, 3.05) is 20.7 Å². The van der Waals surface area contributed by atoms with Crippen LogP contribution in [0.2, 0.25) is 0 Å². The first kappa shape index (κ1) is 20.1. The van der Waals surface area contributed by atoms with Crippen LogP contribution < -0.4 is 10.1 Å². The van der Waals surface area contributed by atoms with Gasteiger partial charge in [0.2, 0.25) is 5.91 Å². The van der Waals surface area contributed by atoms with E-state index in [1.165, 1.54) is 37.2 Å². The highest BCUT2D eigenvalue weighted by atomic mass is 16.5. The van der Waals surface area contributed by atoms with Crippen LogP contribution in [0.15, 0.2) is 30.9 Å². The van der Waals surface area contributed by atoms with E-state index < -0.39 is 11.9 Å². The molecule has 1 unspecified atom stereocenters. The van der Waals surface area contributed by atoms with E-state index in [0.717, 1.165) is 0 Å². The molecule has 0 aromatic heterocycles. The highest BCUT2D eigenvalue weighted by Crippen LogP contribution is 2.19. The average Bonchev–Trinajstić information content (AvgIpc) is 2.65. The molecule has 1 N–H and O–H groups in total. The predicted octanol–water partition coefficient (Wildman–Crippen LogP) is 1.23. The third kappa shape index (κ3) is 5.27. The molecule has 0 spiro atoms. The fourth-order valence-electron chi connectivity index (χ4n) is 2.33. The molecule has 0 saturated heterocycles. The summed E-state index contributed by atoms with van der Waals surface area (Å²) in [6, 6.07) is 3.64. The molecule has 1 aromatic rings. The summed E-state index contributed by atoms with van der Waals surface area (Å²) in [4.78, 5) is 47.8. The molecule has 0 aliphatic rings. The highest BCUT2D eigenvalue weighted by molar-refractivity contribution is 6.03. The molecule has 7 heteroatoms.